The van der Waals surface area contributed by atoms with Crippen molar-refractivity contribution in [3.05, 3.63) is 0 Å². The van der Waals surface area contributed by atoms with Gasteiger partial charge in [0.1, 0.15) is 6.61 Å². The fourth-order valence-electron chi connectivity index (χ4n) is 1.79. The Morgan fingerprint density at radius 2 is 1.59 bits per heavy atom. The van der Waals surface area contributed by atoms with Crippen LogP contribution in [-0.2, 0) is 9.53 Å². The zero-order valence-electron chi connectivity index (χ0n) is 11.3. The number of carbonyl (C=O) groups is 1. The van der Waals surface area contributed by atoms with Gasteiger partial charge in [0.15, 0.2) is 0 Å². The zero-order chi connectivity index (χ0) is 12.9. The van der Waals surface area contributed by atoms with Gasteiger partial charge in [-0.1, -0.05) is 58.3 Å². The van der Waals surface area contributed by atoms with Crippen molar-refractivity contribution in [1.29, 1.82) is 0 Å². The van der Waals surface area contributed by atoms with Crippen molar-refractivity contribution in [1.82, 2.24) is 0 Å². The molecule has 0 aliphatic carbocycles. The lowest BCUT2D eigenvalue weighted by Gasteiger charge is -2.08. The fraction of sp³-hybridized carbons (Fsp3) is 0.929. The average Bonchev–Trinajstić information content (AvgIpc) is 2.30. The van der Waals surface area contributed by atoms with Gasteiger partial charge in [0.25, 0.3) is 0 Å². The van der Waals surface area contributed by atoms with Gasteiger partial charge >= 0.3 is 5.97 Å². The van der Waals surface area contributed by atoms with Gasteiger partial charge in [-0.15, -0.1) is 11.6 Å². The van der Waals surface area contributed by atoms with Gasteiger partial charge in [0.05, 0.1) is 5.38 Å². The van der Waals surface area contributed by atoms with Crippen molar-refractivity contribution in [3.63, 3.8) is 0 Å². The molecule has 0 aliphatic rings. The summed E-state index contributed by atoms with van der Waals surface area (Å²) in [6.45, 7) is 4.01. The maximum atomic E-state index is 10.6. The third-order valence-corrected chi connectivity index (χ3v) is 3.18. The second kappa shape index (κ2) is 12.2. The summed E-state index contributed by atoms with van der Waals surface area (Å²) in [5.41, 5.74) is 0. The minimum Gasteiger partial charge on any atom is -0.464 e. The molecule has 0 aromatic heterocycles. The van der Waals surface area contributed by atoms with E-state index in [1.54, 1.807) is 0 Å². The summed E-state index contributed by atoms with van der Waals surface area (Å²) < 4.78 is 4.86. The number of ether oxygens (including phenoxy) is 1. The standard InChI is InChI=1S/C14H27ClO2/c1-3-4-5-6-7-8-9-10-11-14(15)12-17-13(2)16/h14H,3-12H2,1-2H3. The Bertz CT molecular complexity index is 183. The van der Waals surface area contributed by atoms with Gasteiger partial charge in [0, 0.05) is 6.92 Å². The van der Waals surface area contributed by atoms with Gasteiger partial charge < -0.3 is 4.74 Å². The van der Waals surface area contributed by atoms with Crippen molar-refractivity contribution < 1.29 is 9.53 Å². The summed E-state index contributed by atoms with van der Waals surface area (Å²) in [6.07, 6.45) is 11.4. The van der Waals surface area contributed by atoms with Crippen LogP contribution in [0, 0.1) is 0 Å². The minimum absolute atomic E-state index is 0.0148. The summed E-state index contributed by atoms with van der Waals surface area (Å²) in [4.78, 5) is 10.6. The number of carbonyl (C=O) groups excluding carboxylic acids is 1. The number of hydrogen-bond donors (Lipinski definition) is 0. The third kappa shape index (κ3) is 13.7. The van der Waals surface area contributed by atoms with E-state index in [0.29, 0.717) is 6.61 Å². The molecule has 0 aromatic rings. The molecule has 2 nitrogen and oxygen atoms in total. The molecule has 102 valence electrons. The molecule has 1 atom stereocenters. The molecule has 0 aliphatic heterocycles. The van der Waals surface area contributed by atoms with E-state index in [9.17, 15) is 4.79 Å². The number of hydrogen-bond acceptors (Lipinski definition) is 2. The Morgan fingerprint density at radius 1 is 1.06 bits per heavy atom. The summed E-state index contributed by atoms with van der Waals surface area (Å²) in [6, 6.07) is 0. The number of unbranched alkanes of at least 4 members (excludes halogenated alkanes) is 7. The summed E-state index contributed by atoms with van der Waals surface area (Å²) in [5, 5.41) is -0.0148. The highest BCUT2D eigenvalue weighted by atomic mass is 35.5. The Hall–Kier alpha value is -0.240. The van der Waals surface area contributed by atoms with Crippen LogP contribution in [0.4, 0.5) is 0 Å². The van der Waals surface area contributed by atoms with E-state index in [1.165, 1.54) is 51.9 Å². The minimum atomic E-state index is -0.244. The molecule has 0 aromatic carbocycles. The molecule has 0 rings (SSSR count). The maximum absolute atomic E-state index is 10.6. The topological polar surface area (TPSA) is 26.3 Å². The van der Waals surface area contributed by atoms with Crippen LogP contribution in [0.5, 0.6) is 0 Å². The van der Waals surface area contributed by atoms with Crippen molar-refractivity contribution in [2.45, 2.75) is 77.0 Å². The molecule has 0 N–H and O–H groups in total. The van der Waals surface area contributed by atoms with Crippen LogP contribution in [0.2, 0.25) is 0 Å². The number of esters is 1. The molecule has 0 saturated carbocycles. The fourth-order valence-corrected chi connectivity index (χ4v) is 2.01. The third-order valence-electron chi connectivity index (χ3n) is 2.84. The first kappa shape index (κ1) is 16.8. The summed E-state index contributed by atoms with van der Waals surface area (Å²) >= 11 is 6.03. The van der Waals surface area contributed by atoms with E-state index < -0.39 is 0 Å². The molecule has 0 heterocycles. The van der Waals surface area contributed by atoms with Crippen LogP contribution in [0.1, 0.15) is 71.6 Å². The second-order valence-electron chi connectivity index (χ2n) is 4.66. The lowest BCUT2D eigenvalue weighted by Crippen LogP contribution is -2.11. The average molecular weight is 263 g/mol. The van der Waals surface area contributed by atoms with Gasteiger partial charge in [0.2, 0.25) is 0 Å². The second-order valence-corrected chi connectivity index (χ2v) is 5.28. The van der Waals surface area contributed by atoms with E-state index >= 15 is 0 Å². The Balaban J connectivity index is 3.13. The van der Waals surface area contributed by atoms with Crippen LogP contribution in [0.15, 0.2) is 0 Å². The molecular formula is C14H27ClO2. The van der Waals surface area contributed by atoms with Crippen LogP contribution >= 0.6 is 11.6 Å². The molecule has 17 heavy (non-hydrogen) atoms. The van der Waals surface area contributed by atoms with Gasteiger partial charge in [-0.25, -0.2) is 0 Å². The molecule has 0 saturated heterocycles. The molecule has 0 amide bonds. The molecule has 0 bridgehead atoms. The number of halogens is 1. The Morgan fingerprint density at radius 3 is 2.12 bits per heavy atom. The van der Waals surface area contributed by atoms with Gasteiger partial charge in [-0.05, 0) is 6.42 Å². The van der Waals surface area contributed by atoms with Crippen LogP contribution in [-0.4, -0.2) is 18.0 Å². The highest BCUT2D eigenvalue weighted by molar-refractivity contribution is 6.20. The first-order chi connectivity index (χ1) is 8.16. The van der Waals surface area contributed by atoms with E-state index in [2.05, 4.69) is 6.92 Å². The molecule has 0 radical (unpaired) electrons. The monoisotopic (exact) mass is 262 g/mol. The molecule has 1 unspecified atom stereocenters. The van der Waals surface area contributed by atoms with Gasteiger partial charge in [-0.3, -0.25) is 4.79 Å². The summed E-state index contributed by atoms with van der Waals surface area (Å²) in [5.74, 6) is -0.244. The lowest BCUT2D eigenvalue weighted by atomic mass is 10.1. The quantitative estimate of drug-likeness (QED) is 0.307. The molecule has 0 spiro atoms. The first-order valence-corrected chi connectivity index (χ1v) is 7.38. The SMILES string of the molecule is CCCCCCCCCCC(Cl)COC(C)=O. The first-order valence-electron chi connectivity index (χ1n) is 6.94. The van der Waals surface area contributed by atoms with Crippen LogP contribution in [0.3, 0.4) is 0 Å². The largest absolute Gasteiger partial charge is 0.464 e. The molecule has 0 fully saturated rings. The van der Waals surface area contributed by atoms with Crippen molar-refractivity contribution in [2.75, 3.05) is 6.61 Å². The summed E-state index contributed by atoms with van der Waals surface area (Å²) in [7, 11) is 0. The molecule has 3 heteroatoms. The number of alkyl halides is 1. The predicted molar refractivity (Wildman–Crippen MR) is 73.5 cm³/mol. The highest BCUT2D eigenvalue weighted by Gasteiger charge is 2.05. The maximum Gasteiger partial charge on any atom is 0.302 e. The normalized spacial score (nSPS) is 12.4. The number of rotatable bonds is 11. The molecular weight excluding hydrogens is 236 g/mol. The predicted octanol–water partition coefficient (Wildman–Crippen LogP) is 4.69. The Kier molecular flexibility index (Phi) is 12.1. The smallest absolute Gasteiger partial charge is 0.302 e. The van der Waals surface area contributed by atoms with Gasteiger partial charge in [-0.2, -0.15) is 0 Å². The van der Waals surface area contributed by atoms with Crippen molar-refractivity contribution in [2.24, 2.45) is 0 Å². The van der Waals surface area contributed by atoms with Crippen LogP contribution < -0.4 is 0 Å². The van der Waals surface area contributed by atoms with Crippen molar-refractivity contribution in [3.8, 4) is 0 Å². The van der Waals surface area contributed by atoms with E-state index in [4.69, 9.17) is 16.3 Å². The lowest BCUT2D eigenvalue weighted by molar-refractivity contribution is -0.140. The van der Waals surface area contributed by atoms with Crippen molar-refractivity contribution >= 4 is 17.6 Å². The highest BCUT2D eigenvalue weighted by Crippen LogP contribution is 2.13. The Labute approximate surface area is 111 Å². The van der Waals surface area contributed by atoms with E-state index in [-0.39, 0.29) is 11.3 Å². The van der Waals surface area contributed by atoms with E-state index in [1.807, 2.05) is 0 Å². The zero-order valence-corrected chi connectivity index (χ0v) is 12.1. The van der Waals surface area contributed by atoms with Crippen LogP contribution in [0.25, 0.3) is 0 Å². The van der Waals surface area contributed by atoms with E-state index in [0.717, 1.165) is 12.8 Å².